The molecule has 0 radical (unpaired) electrons. The summed E-state index contributed by atoms with van der Waals surface area (Å²) in [5.41, 5.74) is 0.659. The van der Waals surface area contributed by atoms with Crippen LogP contribution in [0.4, 0.5) is 10.1 Å². The first-order valence-electron chi connectivity index (χ1n) is 6.78. The van der Waals surface area contributed by atoms with Crippen molar-refractivity contribution in [1.29, 1.82) is 0 Å². The molecule has 3 rings (SSSR count). The van der Waals surface area contributed by atoms with Gasteiger partial charge in [-0.15, -0.1) is 0 Å². The Morgan fingerprint density at radius 2 is 2.00 bits per heavy atom. The zero-order valence-corrected chi connectivity index (χ0v) is 11.3. The topological polar surface area (TPSA) is 55.3 Å². The number of carbonyl (C=O) groups is 1. The SMILES string of the molecule is O=C1CCCCN1c1cnc(Oc2cccc(F)c2)nc1. The molecule has 0 unspecified atom stereocenters. The van der Waals surface area contributed by atoms with Gasteiger partial charge in [-0.2, -0.15) is 0 Å². The molecule has 1 aromatic heterocycles. The molecule has 0 aliphatic carbocycles. The summed E-state index contributed by atoms with van der Waals surface area (Å²) in [4.78, 5) is 21.6. The number of hydrogen-bond acceptors (Lipinski definition) is 4. The van der Waals surface area contributed by atoms with Crippen LogP contribution in [0.5, 0.6) is 11.8 Å². The summed E-state index contributed by atoms with van der Waals surface area (Å²) in [5.74, 6) is 0.0310. The molecule has 108 valence electrons. The Labute approximate surface area is 121 Å². The molecule has 0 atom stereocenters. The van der Waals surface area contributed by atoms with Crippen LogP contribution in [0.1, 0.15) is 19.3 Å². The van der Waals surface area contributed by atoms with Crippen molar-refractivity contribution in [2.45, 2.75) is 19.3 Å². The molecule has 1 aliphatic heterocycles. The first-order valence-corrected chi connectivity index (χ1v) is 6.78. The van der Waals surface area contributed by atoms with Gasteiger partial charge in [0, 0.05) is 19.0 Å². The van der Waals surface area contributed by atoms with Gasteiger partial charge in [0.05, 0.1) is 18.1 Å². The van der Waals surface area contributed by atoms with E-state index in [9.17, 15) is 9.18 Å². The summed E-state index contributed by atoms with van der Waals surface area (Å²) in [7, 11) is 0. The summed E-state index contributed by atoms with van der Waals surface area (Å²) in [6, 6.07) is 5.87. The van der Waals surface area contributed by atoms with Crippen molar-refractivity contribution in [3.63, 3.8) is 0 Å². The molecule has 1 aromatic carbocycles. The van der Waals surface area contributed by atoms with E-state index in [1.807, 2.05) is 0 Å². The summed E-state index contributed by atoms with van der Waals surface area (Å²) in [6.07, 6.45) is 5.56. The van der Waals surface area contributed by atoms with Gasteiger partial charge in [-0.25, -0.2) is 14.4 Å². The first kappa shape index (κ1) is 13.5. The molecule has 0 spiro atoms. The quantitative estimate of drug-likeness (QED) is 0.871. The van der Waals surface area contributed by atoms with Gasteiger partial charge in [0.2, 0.25) is 5.91 Å². The molecule has 0 saturated carbocycles. The fraction of sp³-hybridized carbons (Fsp3) is 0.267. The second-order valence-corrected chi connectivity index (χ2v) is 4.79. The Bertz CT molecular complexity index is 646. The largest absolute Gasteiger partial charge is 0.424 e. The Balaban J connectivity index is 1.73. The standard InChI is InChI=1S/C15H14FN3O2/c16-11-4-3-5-13(8-11)21-15-17-9-12(10-18-15)19-7-2-1-6-14(19)20/h3-5,8-10H,1-2,6-7H2. The normalized spacial score (nSPS) is 15.1. The monoisotopic (exact) mass is 287 g/mol. The molecular formula is C15H14FN3O2. The summed E-state index contributed by atoms with van der Waals surface area (Å²) in [5, 5.41) is 0. The Morgan fingerprint density at radius 3 is 2.71 bits per heavy atom. The van der Waals surface area contributed by atoms with Crippen LogP contribution in [0.15, 0.2) is 36.7 Å². The molecule has 1 fully saturated rings. The summed E-state index contributed by atoms with van der Waals surface area (Å²) >= 11 is 0. The number of hydrogen-bond donors (Lipinski definition) is 0. The molecule has 0 N–H and O–H groups in total. The van der Waals surface area contributed by atoms with Crippen molar-refractivity contribution in [1.82, 2.24) is 9.97 Å². The minimum absolute atomic E-state index is 0.0867. The molecule has 1 saturated heterocycles. The molecular weight excluding hydrogens is 273 g/mol. The first-order chi connectivity index (χ1) is 10.2. The van der Waals surface area contributed by atoms with Crippen LogP contribution in [0, 0.1) is 5.82 Å². The number of amides is 1. The predicted octanol–water partition coefficient (Wildman–Crippen LogP) is 2.92. The smallest absolute Gasteiger partial charge is 0.322 e. The number of rotatable bonds is 3. The Hall–Kier alpha value is -2.50. The minimum Gasteiger partial charge on any atom is -0.424 e. The maximum Gasteiger partial charge on any atom is 0.322 e. The number of aromatic nitrogens is 2. The lowest BCUT2D eigenvalue weighted by molar-refractivity contribution is -0.119. The fourth-order valence-corrected chi connectivity index (χ4v) is 2.22. The van der Waals surface area contributed by atoms with E-state index in [4.69, 9.17) is 4.74 Å². The average Bonchev–Trinajstić information content (AvgIpc) is 2.49. The van der Waals surface area contributed by atoms with E-state index in [2.05, 4.69) is 9.97 Å². The second kappa shape index (κ2) is 5.87. The van der Waals surface area contributed by atoms with Crippen LogP contribution in [0.2, 0.25) is 0 Å². The summed E-state index contributed by atoms with van der Waals surface area (Å²) < 4.78 is 18.4. The highest BCUT2D eigenvalue weighted by Crippen LogP contribution is 2.22. The van der Waals surface area contributed by atoms with Gasteiger partial charge < -0.3 is 9.64 Å². The fourth-order valence-electron chi connectivity index (χ4n) is 2.22. The van der Waals surface area contributed by atoms with Gasteiger partial charge in [-0.1, -0.05) is 6.07 Å². The highest BCUT2D eigenvalue weighted by atomic mass is 19.1. The van der Waals surface area contributed by atoms with E-state index < -0.39 is 0 Å². The van der Waals surface area contributed by atoms with Gasteiger partial charge in [-0.05, 0) is 25.0 Å². The van der Waals surface area contributed by atoms with Crippen LogP contribution in [-0.4, -0.2) is 22.4 Å². The molecule has 1 aliphatic rings. The number of benzene rings is 1. The second-order valence-electron chi connectivity index (χ2n) is 4.79. The van der Waals surface area contributed by atoms with Crippen molar-refractivity contribution in [2.24, 2.45) is 0 Å². The van der Waals surface area contributed by atoms with Gasteiger partial charge in [0.1, 0.15) is 11.6 Å². The predicted molar refractivity (Wildman–Crippen MR) is 74.7 cm³/mol. The Kier molecular flexibility index (Phi) is 3.77. The maximum absolute atomic E-state index is 13.1. The van der Waals surface area contributed by atoms with E-state index in [1.54, 1.807) is 29.4 Å². The van der Waals surface area contributed by atoms with Crippen molar-refractivity contribution in [2.75, 3.05) is 11.4 Å². The number of piperidine rings is 1. The molecule has 6 heteroatoms. The highest BCUT2D eigenvalue weighted by molar-refractivity contribution is 5.93. The zero-order chi connectivity index (χ0) is 14.7. The summed E-state index contributed by atoms with van der Waals surface area (Å²) in [6.45, 7) is 0.687. The van der Waals surface area contributed by atoms with Crippen LogP contribution in [-0.2, 0) is 4.79 Å². The van der Waals surface area contributed by atoms with Crippen molar-refractivity contribution < 1.29 is 13.9 Å². The van der Waals surface area contributed by atoms with Crippen molar-refractivity contribution in [3.05, 3.63) is 42.5 Å². The highest BCUT2D eigenvalue weighted by Gasteiger charge is 2.20. The lowest BCUT2D eigenvalue weighted by Gasteiger charge is -2.25. The lowest BCUT2D eigenvalue weighted by Crippen LogP contribution is -2.35. The van der Waals surface area contributed by atoms with E-state index in [-0.39, 0.29) is 17.7 Å². The molecule has 1 amide bonds. The van der Waals surface area contributed by atoms with Crippen LogP contribution < -0.4 is 9.64 Å². The zero-order valence-electron chi connectivity index (χ0n) is 11.3. The van der Waals surface area contributed by atoms with E-state index in [0.29, 0.717) is 24.4 Å². The van der Waals surface area contributed by atoms with E-state index in [1.165, 1.54) is 12.1 Å². The number of ether oxygens (including phenoxy) is 1. The van der Waals surface area contributed by atoms with Crippen LogP contribution in [0.3, 0.4) is 0 Å². The number of carbonyl (C=O) groups excluding carboxylic acids is 1. The molecule has 5 nitrogen and oxygen atoms in total. The third kappa shape index (κ3) is 3.16. The van der Waals surface area contributed by atoms with Crippen LogP contribution in [0.25, 0.3) is 0 Å². The van der Waals surface area contributed by atoms with E-state index >= 15 is 0 Å². The lowest BCUT2D eigenvalue weighted by atomic mass is 10.1. The van der Waals surface area contributed by atoms with Gasteiger partial charge in [0.15, 0.2) is 0 Å². The molecule has 21 heavy (non-hydrogen) atoms. The van der Waals surface area contributed by atoms with Gasteiger partial charge >= 0.3 is 6.01 Å². The molecule has 2 heterocycles. The third-order valence-corrected chi connectivity index (χ3v) is 3.25. The number of nitrogens with zero attached hydrogens (tertiary/aromatic N) is 3. The van der Waals surface area contributed by atoms with E-state index in [0.717, 1.165) is 12.8 Å². The Morgan fingerprint density at radius 1 is 1.19 bits per heavy atom. The van der Waals surface area contributed by atoms with Gasteiger partial charge in [0.25, 0.3) is 0 Å². The molecule has 0 bridgehead atoms. The molecule has 2 aromatic rings. The minimum atomic E-state index is -0.386. The number of halogens is 1. The average molecular weight is 287 g/mol. The van der Waals surface area contributed by atoms with Gasteiger partial charge in [-0.3, -0.25) is 4.79 Å². The van der Waals surface area contributed by atoms with Crippen molar-refractivity contribution >= 4 is 11.6 Å². The maximum atomic E-state index is 13.1. The third-order valence-electron chi connectivity index (χ3n) is 3.25. The van der Waals surface area contributed by atoms with Crippen LogP contribution >= 0.6 is 0 Å². The van der Waals surface area contributed by atoms with Crippen molar-refractivity contribution in [3.8, 4) is 11.8 Å². The number of anilines is 1.